The van der Waals surface area contributed by atoms with E-state index in [2.05, 4.69) is 26.3 Å². The molecule has 0 saturated heterocycles. The fraction of sp³-hybridized carbons (Fsp3) is 0.333. The van der Waals surface area contributed by atoms with Crippen LogP contribution in [-0.4, -0.2) is 27.1 Å². The SMILES string of the molecule is CCCCNC(=O)c1ccc(CNC(=O)c2cnsn2)cc1. The van der Waals surface area contributed by atoms with Gasteiger partial charge in [0.2, 0.25) is 0 Å². The summed E-state index contributed by atoms with van der Waals surface area (Å²) in [7, 11) is 0. The first-order valence-electron chi connectivity index (χ1n) is 7.13. The van der Waals surface area contributed by atoms with Crippen molar-refractivity contribution in [2.75, 3.05) is 6.54 Å². The van der Waals surface area contributed by atoms with E-state index in [0.29, 0.717) is 24.3 Å². The third kappa shape index (κ3) is 4.63. The van der Waals surface area contributed by atoms with Crippen LogP contribution in [0.1, 0.15) is 46.2 Å². The first-order chi connectivity index (χ1) is 10.7. The highest BCUT2D eigenvalue weighted by atomic mass is 32.1. The second-order valence-corrected chi connectivity index (χ2v) is 5.34. The molecule has 0 fully saturated rings. The number of hydrogen-bond acceptors (Lipinski definition) is 5. The van der Waals surface area contributed by atoms with E-state index in [4.69, 9.17) is 0 Å². The van der Waals surface area contributed by atoms with Gasteiger partial charge >= 0.3 is 0 Å². The van der Waals surface area contributed by atoms with Gasteiger partial charge < -0.3 is 10.6 Å². The molecule has 1 heterocycles. The molecule has 0 aliphatic rings. The molecule has 0 aliphatic carbocycles. The summed E-state index contributed by atoms with van der Waals surface area (Å²) >= 11 is 0.997. The Morgan fingerprint density at radius 1 is 1.14 bits per heavy atom. The molecule has 0 spiro atoms. The Morgan fingerprint density at radius 3 is 2.55 bits per heavy atom. The molecule has 2 N–H and O–H groups in total. The molecule has 1 aromatic heterocycles. The van der Waals surface area contributed by atoms with Crippen LogP contribution in [-0.2, 0) is 6.54 Å². The zero-order chi connectivity index (χ0) is 15.8. The molecule has 1 aromatic carbocycles. The molecule has 22 heavy (non-hydrogen) atoms. The third-order valence-corrected chi connectivity index (χ3v) is 3.56. The summed E-state index contributed by atoms with van der Waals surface area (Å²) in [6.07, 6.45) is 3.46. The van der Waals surface area contributed by atoms with Crippen LogP contribution in [0.4, 0.5) is 0 Å². The van der Waals surface area contributed by atoms with E-state index in [0.717, 1.165) is 30.1 Å². The van der Waals surface area contributed by atoms with E-state index in [1.54, 1.807) is 12.1 Å². The van der Waals surface area contributed by atoms with Crippen LogP contribution in [0.2, 0.25) is 0 Å². The maximum Gasteiger partial charge on any atom is 0.272 e. The van der Waals surface area contributed by atoms with Gasteiger partial charge in [0.05, 0.1) is 17.9 Å². The van der Waals surface area contributed by atoms with E-state index >= 15 is 0 Å². The number of rotatable bonds is 7. The van der Waals surface area contributed by atoms with E-state index < -0.39 is 0 Å². The van der Waals surface area contributed by atoms with Crippen molar-refractivity contribution in [2.45, 2.75) is 26.3 Å². The summed E-state index contributed by atoms with van der Waals surface area (Å²) in [4.78, 5) is 23.6. The predicted molar refractivity (Wildman–Crippen MR) is 84.8 cm³/mol. The lowest BCUT2D eigenvalue weighted by atomic mass is 10.1. The van der Waals surface area contributed by atoms with Crippen LogP contribution in [0.3, 0.4) is 0 Å². The van der Waals surface area contributed by atoms with Gasteiger partial charge in [-0.15, -0.1) is 0 Å². The summed E-state index contributed by atoms with van der Waals surface area (Å²) in [5.74, 6) is -0.326. The van der Waals surface area contributed by atoms with Gasteiger partial charge in [0.15, 0.2) is 5.69 Å². The number of nitrogens with one attached hydrogen (secondary N) is 2. The Labute approximate surface area is 133 Å². The summed E-state index contributed by atoms with van der Waals surface area (Å²) < 4.78 is 7.65. The van der Waals surface area contributed by atoms with Gasteiger partial charge in [-0.05, 0) is 24.1 Å². The lowest BCUT2D eigenvalue weighted by Crippen LogP contribution is -2.25. The average molecular weight is 318 g/mol. The summed E-state index contributed by atoms with van der Waals surface area (Å²) in [5, 5.41) is 5.62. The number of unbranched alkanes of at least 4 members (excludes halogenated alkanes) is 1. The fourth-order valence-electron chi connectivity index (χ4n) is 1.79. The minimum Gasteiger partial charge on any atom is -0.352 e. The van der Waals surface area contributed by atoms with Gasteiger partial charge in [-0.3, -0.25) is 9.59 Å². The smallest absolute Gasteiger partial charge is 0.272 e. The van der Waals surface area contributed by atoms with Crippen LogP contribution >= 0.6 is 11.7 Å². The van der Waals surface area contributed by atoms with Crippen molar-refractivity contribution in [1.29, 1.82) is 0 Å². The van der Waals surface area contributed by atoms with Gasteiger partial charge in [-0.1, -0.05) is 25.5 Å². The van der Waals surface area contributed by atoms with Crippen molar-refractivity contribution in [3.8, 4) is 0 Å². The van der Waals surface area contributed by atoms with Crippen molar-refractivity contribution < 1.29 is 9.59 Å². The fourth-order valence-corrected chi connectivity index (χ4v) is 2.20. The van der Waals surface area contributed by atoms with Gasteiger partial charge in [-0.25, -0.2) is 0 Å². The van der Waals surface area contributed by atoms with Crippen LogP contribution in [0.15, 0.2) is 30.5 Å². The maximum absolute atomic E-state index is 11.9. The predicted octanol–water partition coefficient (Wildman–Crippen LogP) is 2.00. The molecule has 0 atom stereocenters. The highest BCUT2D eigenvalue weighted by Crippen LogP contribution is 2.05. The monoisotopic (exact) mass is 318 g/mol. The van der Waals surface area contributed by atoms with Crippen LogP contribution in [0, 0.1) is 0 Å². The largest absolute Gasteiger partial charge is 0.352 e. The minimum atomic E-state index is -0.255. The number of carbonyl (C=O) groups is 2. The van der Waals surface area contributed by atoms with Crippen molar-refractivity contribution in [3.63, 3.8) is 0 Å². The normalized spacial score (nSPS) is 10.2. The van der Waals surface area contributed by atoms with Gasteiger partial charge in [-0.2, -0.15) is 8.75 Å². The molecule has 0 unspecified atom stereocenters. The Hall–Kier alpha value is -2.28. The van der Waals surface area contributed by atoms with Crippen LogP contribution in [0.25, 0.3) is 0 Å². The number of carbonyl (C=O) groups excluding carboxylic acids is 2. The van der Waals surface area contributed by atoms with Crippen molar-refractivity contribution in [2.24, 2.45) is 0 Å². The molecule has 0 saturated carbocycles. The Morgan fingerprint density at radius 2 is 1.91 bits per heavy atom. The Balaban J connectivity index is 1.84. The van der Waals surface area contributed by atoms with E-state index in [1.807, 2.05) is 12.1 Å². The van der Waals surface area contributed by atoms with Crippen LogP contribution < -0.4 is 10.6 Å². The Bertz CT molecular complexity index is 611. The van der Waals surface area contributed by atoms with E-state index in [9.17, 15) is 9.59 Å². The second-order valence-electron chi connectivity index (χ2n) is 4.78. The molecule has 0 radical (unpaired) electrons. The third-order valence-electron chi connectivity index (χ3n) is 3.08. The number of aromatic nitrogens is 2. The lowest BCUT2D eigenvalue weighted by molar-refractivity contribution is 0.0940. The number of hydrogen-bond donors (Lipinski definition) is 2. The zero-order valence-electron chi connectivity index (χ0n) is 12.3. The molecule has 2 aromatic rings. The number of nitrogens with zero attached hydrogens (tertiary/aromatic N) is 2. The molecular formula is C15H18N4O2S. The van der Waals surface area contributed by atoms with E-state index in [1.165, 1.54) is 6.20 Å². The molecule has 116 valence electrons. The standard InChI is InChI=1S/C15H18N4O2S/c1-2-3-8-16-14(20)12-6-4-11(5-7-12)9-17-15(21)13-10-18-22-19-13/h4-7,10H,2-3,8-9H2,1H3,(H,16,20)(H,17,21). The molecule has 6 nitrogen and oxygen atoms in total. The second kappa shape index (κ2) is 8.23. The molecule has 0 bridgehead atoms. The van der Waals surface area contributed by atoms with Gasteiger partial charge in [0.1, 0.15) is 0 Å². The summed E-state index contributed by atoms with van der Waals surface area (Å²) in [5.41, 5.74) is 1.86. The molecular weight excluding hydrogens is 300 g/mol. The molecule has 7 heteroatoms. The number of benzene rings is 1. The van der Waals surface area contributed by atoms with Gasteiger partial charge in [0, 0.05) is 18.7 Å². The molecule has 0 aliphatic heterocycles. The molecule has 2 rings (SSSR count). The average Bonchev–Trinajstić information content (AvgIpc) is 3.08. The minimum absolute atomic E-state index is 0.0717. The highest BCUT2D eigenvalue weighted by molar-refractivity contribution is 6.99. The first kappa shape index (κ1) is 16.1. The topological polar surface area (TPSA) is 84.0 Å². The van der Waals surface area contributed by atoms with Crippen molar-refractivity contribution in [3.05, 3.63) is 47.3 Å². The molecule has 2 amide bonds. The lowest BCUT2D eigenvalue weighted by Gasteiger charge is -2.06. The zero-order valence-corrected chi connectivity index (χ0v) is 13.2. The van der Waals surface area contributed by atoms with Crippen molar-refractivity contribution >= 4 is 23.5 Å². The van der Waals surface area contributed by atoms with Crippen LogP contribution in [0.5, 0.6) is 0 Å². The van der Waals surface area contributed by atoms with E-state index in [-0.39, 0.29) is 11.8 Å². The highest BCUT2D eigenvalue weighted by Gasteiger charge is 2.08. The summed E-state index contributed by atoms with van der Waals surface area (Å²) in [6.45, 7) is 3.15. The maximum atomic E-state index is 11.9. The Kier molecular flexibility index (Phi) is 6.02. The first-order valence-corrected chi connectivity index (χ1v) is 7.86. The van der Waals surface area contributed by atoms with Crippen molar-refractivity contribution in [1.82, 2.24) is 19.4 Å². The van der Waals surface area contributed by atoms with Gasteiger partial charge in [0.25, 0.3) is 11.8 Å². The number of amides is 2. The summed E-state index contributed by atoms with van der Waals surface area (Å²) in [6, 6.07) is 7.17. The quantitative estimate of drug-likeness (QED) is 0.765.